The fourth-order valence-electron chi connectivity index (χ4n) is 1.31. The number of carbonyl (C=O) groups is 1. The number of benzene rings is 1. The summed E-state index contributed by atoms with van der Waals surface area (Å²) < 4.78 is 0.614. The Balaban J connectivity index is 3.49. The Morgan fingerprint density at radius 1 is 1.64 bits per heavy atom. The molecule has 0 fully saturated rings. The summed E-state index contributed by atoms with van der Waals surface area (Å²) in [5.74, 6) is -1.00. The maximum Gasteiger partial charge on any atom is 0.336 e. The van der Waals surface area contributed by atoms with Crippen LogP contribution in [0, 0.1) is 11.3 Å². The second-order valence-electron chi connectivity index (χ2n) is 2.75. The second kappa shape index (κ2) is 4.25. The van der Waals surface area contributed by atoms with Crippen molar-refractivity contribution in [3.8, 4) is 6.07 Å². The van der Waals surface area contributed by atoms with Crippen LogP contribution in [0.2, 0.25) is 0 Å². The number of halogens is 1. The predicted octanol–water partition coefficient (Wildman–Crippen LogP) is 2.58. The van der Waals surface area contributed by atoms with Crippen molar-refractivity contribution in [1.82, 2.24) is 0 Å². The van der Waals surface area contributed by atoms with Crippen LogP contribution in [-0.2, 0) is 6.42 Å². The Hall–Kier alpha value is -1.34. The lowest BCUT2D eigenvalue weighted by Gasteiger charge is -2.06. The third-order valence-electron chi connectivity index (χ3n) is 1.92. The smallest absolute Gasteiger partial charge is 0.336 e. The van der Waals surface area contributed by atoms with Crippen LogP contribution in [0.1, 0.15) is 28.4 Å². The Bertz CT molecular complexity index is 421. The quantitative estimate of drug-likeness (QED) is 0.882. The van der Waals surface area contributed by atoms with Gasteiger partial charge in [-0.25, -0.2) is 4.79 Å². The van der Waals surface area contributed by atoms with Crippen molar-refractivity contribution in [3.63, 3.8) is 0 Å². The Morgan fingerprint density at radius 2 is 2.29 bits per heavy atom. The summed E-state index contributed by atoms with van der Waals surface area (Å²) >= 11 is 3.17. The molecule has 1 N–H and O–H groups in total. The minimum Gasteiger partial charge on any atom is -0.478 e. The average Bonchev–Trinajstić information content (AvgIpc) is 2.16. The predicted molar refractivity (Wildman–Crippen MR) is 55.2 cm³/mol. The van der Waals surface area contributed by atoms with Gasteiger partial charge in [-0.1, -0.05) is 22.9 Å². The summed E-state index contributed by atoms with van der Waals surface area (Å²) in [6.45, 7) is 1.83. The normalized spacial score (nSPS) is 9.50. The van der Waals surface area contributed by atoms with E-state index in [4.69, 9.17) is 10.4 Å². The summed E-state index contributed by atoms with van der Waals surface area (Å²) in [5.41, 5.74) is 1.20. The van der Waals surface area contributed by atoms with E-state index in [1.165, 1.54) is 6.07 Å². The van der Waals surface area contributed by atoms with E-state index in [2.05, 4.69) is 15.9 Å². The van der Waals surface area contributed by atoms with Gasteiger partial charge in [0, 0.05) is 4.47 Å². The number of hydrogen-bond donors (Lipinski definition) is 1. The molecule has 0 atom stereocenters. The third-order valence-corrected chi connectivity index (χ3v) is 2.38. The highest BCUT2D eigenvalue weighted by Gasteiger charge is 2.13. The van der Waals surface area contributed by atoms with Gasteiger partial charge in [-0.2, -0.15) is 5.26 Å². The molecule has 1 rings (SSSR count). The van der Waals surface area contributed by atoms with E-state index in [1.807, 2.05) is 13.0 Å². The monoisotopic (exact) mass is 253 g/mol. The zero-order valence-electron chi connectivity index (χ0n) is 7.54. The third kappa shape index (κ3) is 1.94. The van der Waals surface area contributed by atoms with Gasteiger partial charge < -0.3 is 5.11 Å². The van der Waals surface area contributed by atoms with E-state index in [-0.39, 0.29) is 5.56 Å². The zero-order chi connectivity index (χ0) is 10.7. The number of nitriles is 1. The van der Waals surface area contributed by atoms with Gasteiger partial charge in [-0.15, -0.1) is 0 Å². The molecule has 0 aliphatic carbocycles. The molecule has 0 radical (unpaired) electrons. The molecule has 0 saturated carbocycles. The maximum atomic E-state index is 10.9. The van der Waals surface area contributed by atoms with Crippen molar-refractivity contribution in [3.05, 3.63) is 33.3 Å². The van der Waals surface area contributed by atoms with Gasteiger partial charge in [0.25, 0.3) is 0 Å². The van der Waals surface area contributed by atoms with Crippen LogP contribution < -0.4 is 0 Å². The summed E-state index contributed by atoms with van der Waals surface area (Å²) in [6.07, 6.45) is 0.539. The van der Waals surface area contributed by atoms with Gasteiger partial charge in [0.05, 0.1) is 17.2 Å². The van der Waals surface area contributed by atoms with Crippen LogP contribution in [0.15, 0.2) is 16.6 Å². The lowest BCUT2D eigenvalue weighted by molar-refractivity contribution is 0.0695. The standard InChI is InChI=1S/C10H8BrNO2/c1-2-8-6(5-12)3-7(11)4-9(8)10(13)14/h3-4H,2H2,1H3,(H,13,14). The van der Waals surface area contributed by atoms with Gasteiger partial charge in [0.1, 0.15) is 0 Å². The fourth-order valence-corrected chi connectivity index (χ4v) is 1.77. The highest BCUT2D eigenvalue weighted by atomic mass is 79.9. The molecular formula is C10H8BrNO2. The molecule has 0 aromatic heterocycles. The van der Waals surface area contributed by atoms with Crippen LogP contribution in [0.5, 0.6) is 0 Å². The van der Waals surface area contributed by atoms with Gasteiger partial charge >= 0.3 is 5.97 Å². The highest BCUT2D eigenvalue weighted by Crippen LogP contribution is 2.21. The maximum absolute atomic E-state index is 10.9. The Labute approximate surface area is 90.1 Å². The number of carboxylic acids is 1. The van der Waals surface area contributed by atoms with Gasteiger partial charge in [-0.3, -0.25) is 0 Å². The number of hydrogen-bond acceptors (Lipinski definition) is 2. The van der Waals surface area contributed by atoms with Crippen molar-refractivity contribution in [2.75, 3.05) is 0 Å². The first-order valence-electron chi connectivity index (χ1n) is 4.06. The van der Waals surface area contributed by atoms with E-state index in [9.17, 15) is 4.79 Å². The summed E-state index contributed by atoms with van der Waals surface area (Å²) in [4.78, 5) is 10.9. The lowest BCUT2D eigenvalue weighted by Crippen LogP contribution is -2.04. The van der Waals surface area contributed by atoms with Crippen molar-refractivity contribution in [2.45, 2.75) is 13.3 Å². The first kappa shape index (κ1) is 10.7. The van der Waals surface area contributed by atoms with Gasteiger partial charge in [0.2, 0.25) is 0 Å². The molecule has 0 spiro atoms. The number of rotatable bonds is 2. The SMILES string of the molecule is CCc1c(C#N)cc(Br)cc1C(=O)O. The van der Waals surface area contributed by atoms with Crippen LogP contribution in [-0.4, -0.2) is 11.1 Å². The molecule has 4 heteroatoms. The van der Waals surface area contributed by atoms with Gasteiger partial charge in [0.15, 0.2) is 0 Å². The summed E-state index contributed by atoms with van der Waals surface area (Å²) in [6, 6.07) is 5.14. The van der Waals surface area contributed by atoms with Gasteiger partial charge in [-0.05, 0) is 24.1 Å². The molecule has 0 bridgehead atoms. The molecular weight excluding hydrogens is 246 g/mol. The Morgan fingerprint density at radius 3 is 2.71 bits per heavy atom. The highest BCUT2D eigenvalue weighted by molar-refractivity contribution is 9.10. The van der Waals surface area contributed by atoms with E-state index in [1.54, 1.807) is 6.07 Å². The average molecular weight is 254 g/mol. The van der Waals surface area contributed by atoms with E-state index >= 15 is 0 Å². The molecule has 1 aromatic rings. The molecule has 3 nitrogen and oxygen atoms in total. The fraction of sp³-hybridized carbons (Fsp3) is 0.200. The van der Waals surface area contributed by atoms with Crippen LogP contribution in [0.25, 0.3) is 0 Å². The van der Waals surface area contributed by atoms with E-state index < -0.39 is 5.97 Å². The molecule has 0 unspecified atom stereocenters. The molecule has 0 saturated heterocycles. The van der Waals surface area contributed by atoms with Crippen LogP contribution >= 0.6 is 15.9 Å². The summed E-state index contributed by atoms with van der Waals surface area (Å²) in [5, 5.41) is 17.7. The largest absolute Gasteiger partial charge is 0.478 e. The number of aromatic carboxylic acids is 1. The zero-order valence-corrected chi connectivity index (χ0v) is 9.13. The first-order valence-corrected chi connectivity index (χ1v) is 4.85. The summed E-state index contributed by atoms with van der Waals surface area (Å²) in [7, 11) is 0. The molecule has 14 heavy (non-hydrogen) atoms. The van der Waals surface area contributed by atoms with E-state index in [0.29, 0.717) is 22.0 Å². The number of carboxylic acid groups (broad SMARTS) is 1. The molecule has 0 heterocycles. The minimum atomic E-state index is -1.00. The van der Waals surface area contributed by atoms with E-state index in [0.717, 1.165) is 0 Å². The van der Waals surface area contributed by atoms with Crippen LogP contribution in [0.3, 0.4) is 0 Å². The molecule has 72 valence electrons. The Kier molecular flexibility index (Phi) is 3.26. The van der Waals surface area contributed by atoms with Crippen LogP contribution in [0.4, 0.5) is 0 Å². The van der Waals surface area contributed by atoms with Crippen molar-refractivity contribution >= 4 is 21.9 Å². The van der Waals surface area contributed by atoms with Crippen molar-refractivity contribution in [1.29, 1.82) is 5.26 Å². The second-order valence-corrected chi connectivity index (χ2v) is 3.67. The molecule has 1 aromatic carbocycles. The topological polar surface area (TPSA) is 61.1 Å². The first-order chi connectivity index (χ1) is 6.60. The van der Waals surface area contributed by atoms with Crippen molar-refractivity contribution < 1.29 is 9.90 Å². The molecule has 0 aliphatic heterocycles. The minimum absolute atomic E-state index is 0.193. The number of nitrogens with zero attached hydrogens (tertiary/aromatic N) is 1. The molecule has 0 amide bonds. The van der Waals surface area contributed by atoms with Crippen molar-refractivity contribution in [2.24, 2.45) is 0 Å². The lowest BCUT2D eigenvalue weighted by atomic mass is 10.00. The molecule has 0 aliphatic rings.